The van der Waals surface area contributed by atoms with Gasteiger partial charge in [0.05, 0.1) is 0 Å². The first-order valence-electron chi connectivity index (χ1n) is 9.52. The maximum atomic E-state index is 13.0. The summed E-state index contributed by atoms with van der Waals surface area (Å²) in [4.78, 5) is 26.2. The number of aryl methyl sites for hydroxylation is 1. The van der Waals surface area contributed by atoms with E-state index in [4.69, 9.17) is 0 Å². The molecule has 1 amide bonds. The predicted molar refractivity (Wildman–Crippen MR) is 106 cm³/mol. The van der Waals surface area contributed by atoms with E-state index in [2.05, 4.69) is 28.7 Å². The Morgan fingerprint density at radius 3 is 2.23 bits per heavy atom. The molecule has 1 aromatic heterocycles. The third-order valence-corrected chi connectivity index (χ3v) is 4.22. The van der Waals surface area contributed by atoms with E-state index in [1.807, 2.05) is 49.1 Å². The van der Waals surface area contributed by atoms with Gasteiger partial charge in [-0.25, -0.2) is 9.97 Å². The molecule has 0 aliphatic heterocycles. The van der Waals surface area contributed by atoms with Crippen LogP contribution in [0.1, 0.15) is 55.4 Å². The number of carbonyl (C=O) groups excluding carboxylic acids is 1. The predicted octanol–water partition coefficient (Wildman–Crippen LogP) is 4.07. The summed E-state index contributed by atoms with van der Waals surface area (Å²) in [6.45, 7) is 11.2. The Kier molecular flexibility index (Phi) is 7.57. The largest absolute Gasteiger partial charge is 0.341 e. The van der Waals surface area contributed by atoms with Gasteiger partial charge in [0.1, 0.15) is 5.69 Å². The van der Waals surface area contributed by atoms with E-state index in [1.165, 1.54) is 0 Å². The highest BCUT2D eigenvalue weighted by Crippen LogP contribution is 2.15. The second kappa shape index (κ2) is 9.90. The molecular formula is C21H30N4O. The fraction of sp³-hybridized carbons (Fsp3) is 0.476. The zero-order valence-corrected chi connectivity index (χ0v) is 16.4. The molecule has 0 fully saturated rings. The van der Waals surface area contributed by atoms with Gasteiger partial charge >= 0.3 is 0 Å². The monoisotopic (exact) mass is 354 g/mol. The van der Waals surface area contributed by atoms with Gasteiger partial charge in [-0.05, 0) is 38.3 Å². The Morgan fingerprint density at radius 1 is 1.00 bits per heavy atom. The van der Waals surface area contributed by atoms with Crippen molar-refractivity contribution in [2.45, 2.75) is 47.1 Å². The minimum Gasteiger partial charge on any atom is -0.341 e. The van der Waals surface area contributed by atoms with E-state index < -0.39 is 0 Å². The van der Waals surface area contributed by atoms with Crippen molar-refractivity contribution >= 4 is 11.9 Å². The summed E-state index contributed by atoms with van der Waals surface area (Å²) in [5.74, 6) is 0.615. The van der Waals surface area contributed by atoms with Crippen molar-refractivity contribution in [1.82, 2.24) is 14.9 Å². The lowest BCUT2D eigenvalue weighted by Crippen LogP contribution is -2.32. The molecule has 5 heteroatoms. The van der Waals surface area contributed by atoms with Crippen LogP contribution >= 0.6 is 0 Å². The van der Waals surface area contributed by atoms with Crippen LogP contribution in [0.2, 0.25) is 0 Å². The van der Waals surface area contributed by atoms with Crippen LogP contribution in [0.4, 0.5) is 5.95 Å². The Morgan fingerprint density at radius 2 is 1.65 bits per heavy atom. The zero-order valence-electron chi connectivity index (χ0n) is 16.4. The molecule has 1 heterocycles. The SMILES string of the molecule is CCCN(CCC)c1nc(C)cc(C(=O)N(CC)Cc2ccccc2)n1. The van der Waals surface area contributed by atoms with Gasteiger partial charge < -0.3 is 9.80 Å². The first-order valence-corrected chi connectivity index (χ1v) is 9.52. The topological polar surface area (TPSA) is 49.3 Å². The van der Waals surface area contributed by atoms with Gasteiger partial charge in [0.15, 0.2) is 0 Å². The zero-order chi connectivity index (χ0) is 18.9. The van der Waals surface area contributed by atoms with E-state index in [1.54, 1.807) is 6.07 Å². The van der Waals surface area contributed by atoms with Gasteiger partial charge in [-0.3, -0.25) is 4.79 Å². The maximum absolute atomic E-state index is 13.0. The van der Waals surface area contributed by atoms with E-state index in [0.717, 1.165) is 37.2 Å². The normalized spacial score (nSPS) is 10.6. The van der Waals surface area contributed by atoms with Crippen molar-refractivity contribution in [3.8, 4) is 0 Å². The Balaban J connectivity index is 2.26. The highest BCUT2D eigenvalue weighted by Gasteiger charge is 2.19. The van der Waals surface area contributed by atoms with Gasteiger partial charge in [0, 0.05) is 31.9 Å². The summed E-state index contributed by atoms with van der Waals surface area (Å²) < 4.78 is 0. The van der Waals surface area contributed by atoms with E-state index in [-0.39, 0.29) is 5.91 Å². The smallest absolute Gasteiger partial charge is 0.272 e. The van der Waals surface area contributed by atoms with E-state index in [0.29, 0.717) is 24.7 Å². The number of benzene rings is 1. The van der Waals surface area contributed by atoms with Gasteiger partial charge in [-0.15, -0.1) is 0 Å². The van der Waals surface area contributed by atoms with Crippen molar-refractivity contribution in [2.75, 3.05) is 24.5 Å². The molecule has 0 bridgehead atoms. The molecule has 2 aromatic rings. The fourth-order valence-electron chi connectivity index (χ4n) is 2.95. The number of amides is 1. The second-order valence-electron chi connectivity index (χ2n) is 6.49. The molecule has 5 nitrogen and oxygen atoms in total. The summed E-state index contributed by atoms with van der Waals surface area (Å²) in [7, 11) is 0. The molecular weight excluding hydrogens is 324 g/mol. The van der Waals surface area contributed by atoms with Crippen molar-refractivity contribution in [1.29, 1.82) is 0 Å². The number of anilines is 1. The second-order valence-corrected chi connectivity index (χ2v) is 6.49. The first kappa shape index (κ1) is 19.9. The first-order chi connectivity index (χ1) is 12.6. The molecule has 0 unspecified atom stereocenters. The molecule has 0 N–H and O–H groups in total. The maximum Gasteiger partial charge on any atom is 0.272 e. The average molecular weight is 354 g/mol. The van der Waals surface area contributed by atoms with Crippen LogP contribution < -0.4 is 4.90 Å². The quantitative estimate of drug-likeness (QED) is 0.681. The third-order valence-electron chi connectivity index (χ3n) is 4.22. The fourth-order valence-corrected chi connectivity index (χ4v) is 2.95. The number of rotatable bonds is 9. The lowest BCUT2D eigenvalue weighted by Gasteiger charge is -2.24. The molecule has 2 rings (SSSR count). The Hall–Kier alpha value is -2.43. The number of nitrogens with zero attached hydrogens (tertiary/aromatic N) is 4. The van der Waals surface area contributed by atoms with E-state index >= 15 is 0 Å². The number of aromatic nitrogens is 2. The summed E-state index contributed by atoms with van der Waals surface area (Å²) in [5.41, 5.74) is 2.42. The van der Waals surface area contributed by atoms with Crippen molar-refractivity contribution < 1.29 is 4.79 Å². The third kappa shape index (κ3) is 5.28. The molecule has 0 radical (unpaired) electrons. The molecule has 0 saturated heterocycles. The van der Waals surface area contributed by atoms with Gasteiger partial charge in [0.2, 0.25) is 5.95 Å². The van der Waals surface area contributed by atoms with Crippen LogP contribution in [0.3, 0.4) is 0 Å². The summed E-state index contributed by atoms with van der Waals surface area (Å²) >= 11 is 0. The number of hydrogen-bond acceptors (Lipinski definition) is 4. The Labute approximate surface area is 157 Å². The lowest BCUT2D eigenvalue weighted by atomic mass is 10.2. The van der Waals surface area contributed by atoms with Crippen LogP contribution in [-0.4, -0.2) is 40.4 Å². The molecule has 0 aliphatic rings. The minimum atomic E-state index is -0.0453. The van der Waals surface area contributed by atoms with Gasteiger partial charge in [0.25, 0.3) is 5.91 Å². The highest BCUT2D eigenvalue weighted by atomic mass is 16.2. The number of hydrogen-bond donors (Lipinski definition) is 0. The van der Waals surface area contributed by atoms with Crippen molar-refractivity contribution in [2.24, 2.45) is 0 Å². The molecule has 0 saturated carbocycles. The molecule has 26 heavy (non-hydrogen) atoms. The van der Waals surface area contributed by atoms with Crippen molar-refractivity contribution in [3.63, 3.8) is 0 Å². The van der Waals surface area contributed by atoms with Crippen LogP contribution in [0, 0.1) is 6.92 Å². The minimum absolute atomic E-state index is 0.0453. The summed E-state index contributed by atoms with van der Waals surface area (Å²) in [5, 5.41) is 0. The van der Waals surface area contributed by atoms with Crippen LogP contribution in [0.5, 0.6) is 0 Å². The summed E-state index contributed by atoms with van der Waals surface area (Å²) in [6.07, 6.45) is 2.05. The lowest BCUT2D eigenvalue weighted by molar-refractivity contribution is 0.0746. The van der Waals surface area contributed by atoms with Crippen LogP contribution in [-0.2, 0) is 6.54 Å². The van der Waals surface area contributed by atoms with Gasteiger partial charge in [-0.2, -0.15) is 0 Å². The average Bonchev–Trinajstić information content (AvgIpc) is 2.65. The highest BCUT2D eigenvalue weighted by molar-refractivity contribution is 5.92. The molecule has 0 spiro atoms. The van der Waals surface area contributed by atoms with E-state index in [9.17, 15) is 4.79 Å². The van der Waals surface area contributed by atoms with Crippen LogP contribution in [0.15, 0.2) is 36.4 Å². The molecule has 1 aromatic carbocycles. The van der Waals surface area contributed by atoms with Crippen LogP contribution in [0.25, 0.3) is 0 Å². The van der Waals surface area contributed by atoms with Crippen molar-refractivity contribution in [3.05, 3.63) is 53.3 Å². The number of carbonyl (C=O) groups is 1. The molecule has 140 valence electrons. The Bertz CT molecular complexity index is 696. The summed E-state index contributed by atoms with van der Waals surface area (Å²) in [6, 6.07) is 11.8. The molecule has 0 aliphatic carbocycles. The molecule has 0 atom stereocenters. The standard InChI is InChI=1S/C21H30N4O/c1-5-13-25(14-6-2)21-22-17(4)15-19(23-21)20(26)24(7-3)16-18-11-9-8-10-12-18/h8-12,15H,5-7,13-14,16H2,1-4H3. The van der Waals surface area contributed by atoms with Gasteiger partial charge in [-0.1, -0.05) is 44.2 Å².